The Morgan fingerprint density at radius 1 is 1.32 bits per heavy atom. The molecule has 1 atom stereocenters. The van der Waals surface area contributed by atoms with Gasteiger partial charge in [0.2, 0.25) is 10.0 Å². The van der Waals surface area contributed by atoms with Gasteiger partial charge in [-0.15, -0.1) is 0 Å². The van der Waals surface area contributed by atoms with Crippen LogP contribution in [0.5, 0.6) is 0 Å². The van der Waals surface area contributed by atoms with E-state index in [9.17, 15) is 21.6 Å². The molecule has 1 aliphatic heterocycles. The summed E-state index contributed by atoms with van der Waals surface area (Å²) in [5, 5.41) is 8.80. The molecule has 7 nitrogen and oxygen atoms in total. The molecule has 0 bridgehead atoms. The number of nitrogens with zero attached hydrogens (tertiary/aromatic N) is 1. The average molecular weight is 519 g/mol. The van der Waals surface area contributed by atoms with E-state index in [1.165, 1.54) is 6.07 Å². The Hall–Kier alpha value is -0.490. The van der Waals surface area contributed by atoms with Crippen molar-refractivity contribution in [3.8, 4) is 0 Å². The topological polar surface area (TPSA) is 109 Å². The van der Waals surface area contributed by atoms with Crippen LogP contribution >= 0.6 is 31.9 Å². The van der Waals surface area contributed by atoms with Crippen molar-refractivity contribution < 1.29 is 26.7 Å². The molecule has 1 heterocycles. The highest BCUT2D eigenvalue weighted by Gasteiger charge is 2.39. The Bertz CT molecular complexity index is 869. The Kier molecular flexibility index (Phi) is 6.69. The lowest BCUT2D eigenvalue weighted by Gasteiger charge is -2.27. The Balaban J connectivity index is 2.39. The zero-order valence-electron chi connectivity index (χ0n) is 13.1. The molecule has 11 heteroatoms. The third-order valence-electron chi connectivity index (χ3n) is 3.86. The summed E-state index contributed by atoms with van der Waals surface area (Å²) in [5.41, 5.74) is 0. The molecule has 0 saturated carbocycles. The second kappa shape index (κ2) is 8.03. The van der Waals surface area contributed by atoms with E-state index in [1.807, 2.05) is 0 Å². The molecule has 1 N–H and O–H groups in total. The number of hydrogen-bond donors (Lipinski definition) is 1. The van der Waals surface area contributed by atoms with Gasteiger partial charge in [0.25, 0.3) is 0 Å². The van der Waals surface area contributed by atoms with Gasteiger partial charge in [0.15, 0.2) is 9.84 Å². The molecular formula is C14H17Br2NO6S2. The monoisotopic (exact) mass is 517 g/mol. The summed E-state index contributed by atoms with van der Waals surface area (Å²) in [6, 6.07) is 4.01. The number of carbonyl (C=O) groups is 1. The van der Waals surface area contributed by atoms with E-state index in [0.717, 1.165) is 4.31 Å². The maximum atomic E-state index is 13.1. The van der Waals surface area contributed by atoms with Crippen LogP contribution in [0.2, 0.25) is 0 Å². The highest BCUT2D eigenvalue weighted by atomic mass is 79.9. The standard InChI is InChI=1S/C14H17Br2NO6S2/c15-10-3-4-12(16)13(8-10)25(22,23)17(6-1-2-14(18)19)11-5-7-24(20,21)9-11/h3-4,8,11H,1-2,5-7,9H2,(H,18,19)/t11-/m0/s1. The number of sulfonamides is 1. The first kappa shape index (κ1) is 20.8. The molecular weight excluding hydrogens is 502 g/mol. The third kappa shape index (κ3) is 5.25. The average Bonchev–Trinajstić information content (AvgIpc) is 2.85. The van der Waals surface area contributed by atoms with Gasteiger partial charge < -0.3 is 5.11 Å². The summed E-state index contributed by atoms with van der Waals surface area (Å²) >= 11 is 6.45. The van der Waals surface area contributed by atoms with Crippen molar-refractivity contribution in [3.05, 3.63) is 27.1 Å². The smallest absolute Gasteiger partial charge is 0.303 e. The van der Waals surface area contributed by atoms with Gasteiger partial charge in [-0.05, 0) is 47.0 Å². The van der Waals surface area contributed by atoms with Crippen LogP contribution in [-0.2, 0) is 24.7 Å². The van der Waals surface area contributed by atoms with Crippen LogP contribution < -0.4 is 0 Å². The van der Waals surface area contributed by atoms with E-state index in [2.05, 4.69) is 31.9 Å². The van der Waals surface area contributed by atoms with Crippen LogP contribution in [0, 0.1) is 0 Å². The number of aliphatic carboxylic acids is 1. The SMILES string of the molecule is O=C(O)CCCN([C@H]1CCS(=O)(=O)C1)S(=O)(=O)c1cc(Br)ccc1Br. The summed E-state index contributed by atoms with van der Waals surface area (Å²) < 4.78 is 51.8. The summed E-state index contributed by atoms with van der Waals surface area (Å²) in [7, 11) is -7.27. The van der Waals surface area contributed by atoms with Gasteiger partial charge in [-0.3, -0.25) is 4.79 Å². The lowest BCUT2D eigenvalue weighted by molar-refractivity contribution is -0.137. The van der Waals surface area contributed by atoms with Crippen LogP contribution in [0.15, 0.2) is 32.0 Å². The molecule has 1 fully saturated rings. The third-order valence-corrected chi connectivity index (χ3v) is 9.05. The molecule has 0 aromatic heterocycles. The van der Waals surface area contributed by atoms with Gasteiger partial charge in [-0.1, -0.05) is 15.9 Å². The van der Waals surface area contributed by atoms with E-state index in [-0.39, 0.29) is 42.2 Å². The van der Waals surface area contributed by atoms with Crippen LogP contribution in [0.4, 0.5) is 0 Å². The molecule has 25 heavy (non-hydrogen) atoms. The Labute approximate surface area is 163 Å². The lowest BCUT2D eigenvalue weighted by atomic mass is 10.2. The van der Waals surface area contributed by atoms with Crippen LogP contribution in [0.25, 0.3) is 0 Å². The minimum atomic E-state index is -3.99. The molecule has 0 unspecified atom stereocenters. The van der Waals surface area contributed by atoms with Crippen molar-refractivity contribution in [3.63, 3.8) is 0 Å². The maximum Gasteiger partial charge on any atom is 0.303 e. The van der Waals surface area contributed by atoms with Gasteiger partial charge in [-0.25, -0.2) is 16.8 Å². The summed E-state index contributed by atoms with van der Waals surface area (Å²) in [6.45, 7) is -0.0478. The van der Waals surface area contributed by atoms with Crippen molar-refractivity contribution in [1.29, 1.82) is 0 Å². The van der Waals surface area contributed by atoms with Crippen molar-refractivity contribution in [2.75, 3.05) is 18.1 Å². The van der Waals surface area contributed by atoms with Gasteiger partial charge in [-0.2, -0.15) is 4.31 Å². The molecule has 0 radical (unpaired) electrons. The second-order valence-electron chi connectivity index (χ2n) is 5.74. The molecule has 140 valence electrons. The highest BCUT2D eigenvalue weighted by molar-refractivity contribution is 9.11. The normalized spacial score (nSPS) is 20.0. The number of carboxylic acid groups (broad SMARTS) is 1. The van der Waals surface area contributed by atoms with Gasteiger partial charge in [0, 0.05) is 28.0 Å². The quantitative estimate of drug-likeness (QED) is 0.593. The van der Waals surface area contributed by atoms with Crippen LogP contribution in [0.3, 0.4) is 0 Å². The molecule has 1 saturated heterocycles. The fraction of sp³-hybridized carbons (Fsp3) is 0.500. The lowest BCUT2D eigenvalue weighted by Crippen LogP contribution is -2.42. The molecule has 0 aliphatic carbocycles. The van der Waals surface area contributed by atoms with E-state index in [0.29, 0.717) is 8.95 Å². The van der Waals surface area contributed by atoms with Crippen molar-refractivity contribution in [2.24, 2.45) is 0 Å². The van der Waals surface area contributed by atoms with E-state index in [1.54, 1.807) is 12.1 Å². The Morgan fingerprint density at radius 3 is 2.56 bits per heavy atom. The predicted molar refractivity (Wildman–Crippen MR) is 99.7 cm³/mol. The molecule has 1 aromatic carbocycles. The van der Waals surface area contributed by atoms with E-state index in [4.69, 9.17) is 5.11 Å². The zero-order chi connectivity index (χ0) is 18.8. The summed E-state index contributed by atoms with van der Waals surface area (Å²) in [5.74, 6) is -1.34. The zero-order valence-corrected chi connectivity index (χ0v) is 17.9. The predicted octanol–water partition coefficient (Wildman–Crippen LogP) is 2.25. The first-order valence-corrected chi connectivity index (χ1v) is 12.3. The number of halogens is 2. The first-order valence-electron chi connectivity index (χ1n) is 7.42. The molecule has 0 amide bonds. The second-order valence-corrected chi connectivity index (χ2v) is 11.6. The van der Waals surface area contributed by atoms with Crippen LogP contribution in [-0.4, -0.2) is 56.3 Å². The van der Waals surface area contributed by atoms with Crippen LogP contribution in [0.1, 0.15) is 19.3 Å². The minimum absolute atomic E-state index is 0.0153. The highest BCUT2D eigenvalue weighted by Crippen LogP contribution is 2.31. The fourth-order valence-electron chi connectivity index (χ4n) is 2.69. The largest absolute Gasteiger partial charge is 0.481 e. The van der Waals surface area contributed by atoms with Crippen molar-refractivity contribution >= 4 is 57.7 Å². The first-order chi connectivity index (χ1) is 11.5. The minimum Gasteiger partial charge on any atom is -0.481 e. The van der Waals surface area contributed by atoms with Gasteiger partial charge in [0.05, 0.1) is 16.4 Å². The Morgan fingerprint density at radius 2 is 2.00 bits per heavy atom. The van der Waals surface area contributed by atoms with Gasteiger partial charge >= 0.3 is 5.97 Å². The fourth-order valence-corrected chi connectivity index (χ4v) is 7.67. The molecule has 1 aromatic rings. The van der Waals surface area contributed by atoms with Crippen molar-refractivity contribution in [2.45, 2.75) is 30.2 Å². The number of hydrogen-bond acceptors (Lipinski definition) is 5. The summed E-state index contributed by atoms with van der Waals surface area (Å²) in [6.07, 6.45) is 0.127. The maximum absolute atomic E-state index is 13.1. The molecule has 0 spiro atoms. The van der Waals surface area contributed by atoms with E-state index >= 15 is 0 Å². The van der Waals surface area contributed by atoms with E-state index < -0.39 is 31.9 Å². The number of rotatable bonds is 7. The molecule has 2 rings (SSSR count). The number of benzene rings is 1. The van der Waals surface area contributed by atoms with Gasteiger partial charge in [0.1, 0.15) is 0 Å². The van der Waals surface area contributed by atoms with Crippen molar-refractivity contribution in [1.82, 2.24) is 4.31 Å². The molecule has 1 aliphatic rings. The number of sulfone groups is 1. The summed E-state index contributed by atoms with van der Waals surface area (Å²) in [4.78, 5) is 10.8. The number of carboxylic acids is 1.